The molecule has 0 heterocycles. The summed E-state index contributed by atoms with van der Waals surface area (Å²) in [5.41, 5.74) is 0. The van der Waals surface area contributed by atoms with E-state index in [1.54, 1.807) is 0 Å². The lowest BCUT2D eigenvalue weighted by molar-refractivity contribution is -0.873. The third kappa shape index (κ3) is 23.5. The molecule has 0 saturated carbocycles. The third-order valence-corrected chi connectivity index (χ3v) is 5.19. The molecule has 0 radical (unpaired) electrons. The van der Waals surface area contributed by atoms with E-state index in [9.17, 15) is 9.59 Å². The van der Waals surface area contributed by atoms with Crippen LogP contribution in [0.15, 0.2) is 0 Å². The first kappa shape index (κ1) is 31.4. The molecular formula is C24H48ClNO4. The second-order valence-electron chi connectivity index (χ2n) is 9.53. The molecular weight excluding hydrogens is 402 g/mol. The summed E-state index contributed by atoms with van der Waals surface area (Å²) in [4.78, 5) is 23.0. The van der Waals surface area contributed by atoms with Gasteiger partial charge in [-0.25, -0.2) is 0 Å². The number of unbranched alkanes of at least 4 members (excludes halogenated alkanes) is 13. The van der Waals surface area contributed by atoms with Gasteiger partial charge in [-0.05, 0) is 6.42 Å². The van der Waals surface area contributed by atoms with Crippen LogP contribution in [0.2, 0.25) is 0 Å². The third-order valence-electron chi connectivity index (χ3n) is 5.19. The van der Waals surface area contributed by atoms with Gasteiger partial charge < -0.3 is 26.7 Å². The first-order chi connectivity index (χ1) is 13.7. The number of quaternary nitrogens is 1. The van der Waals surface area contributed by atoms with Gasteiger partial charge >= 0.3 is 11.9 Å². The Bertz CT molecular complexity index is 424. The van der Waals surface area contributed by atoms with Crippen LogP contribution in [0.3, 0.4) is 0 Å². The average Bonchev–Trinajstić information content (AvgIpc) is 2.60. The molecule has 0 saturated heterocycles. The van der Waals surface area contributed by atoms with Gasteiger partial charge in [-0.1, -0.05) is 90.4 Å². The van der Waals surface area contributed by atoms with Gasteiger partial charge in [0.25, 0.3) is 0 Å². The number of hydrogen-bond acceptors (Lipinski definition) is 3. The van der Waals surface area contributed by atoms with Crippen LogP contribution in [0.1, 0.15) is 110 Å². The number of aliphatic carboxylic acids is 1. The Balaban J connectivity index is 0. The number of rotatable bonds is 20. The van der Waals surface area contributed by atoms with Crippen LogP contribution in [-0.2, 0) is 14.3 Å². The number of carboxylic acid groups (broad SMARTS) is 1. The summed E-state index contributed by atoms with van der Waals surface area (Å²) in [6, 6.07) is 0. The van der Waals surface area contributed by atoms with Crippen molar-refractivity contribution in [2.24, 2.45) is 0 Å². The fourth-order valence-corrected chi connectivity index (χ4v) is 3.66. The highest BCUT2D eigenvalue weighted by molar-refractivity contribution is 5.71. The monoisotopic (exact) mass is 449 g/mol. The van der Waals surface area contributed by atoms with Gasteiger partial charge in [0.1, 0.15) is 6.54 Å². The quantitative estimate of drug-likeness (QED) is 0.176. The second kappa shape index (κ2) is 20.1. The van der Waals surface area contributed by atoms with Crippen LogP contribution < -0.4 is 12.4 Å². The minimum atomic E-state index is -0.923. The first-order valence-electron chi connectivity index (χ1n) is 12.0. The maximum atomic E-state index is 12.0. The summed E-state index contributed by atoms with van der Waals surface area (Å²) in [7, 11) is 5.91. The zero-order valence-corrected chi connectivity index (χ0v) is 20.9. The van der Waals surface area contributed by atoms with Crippen LogP contribution in [0.5, 0.6) is 0 Å². The van der Waals surface area contributed by atoms with E-state index < -0.39 is 12.1 Å². The van der Waals surface area contributed by atoms with Gasteiger partial charge in [-0.2, -0.15) is 0 Å². The van der Waals surface area contributed by atoms with Crippen molar-refractivity contribution in [3.8, 4) is 0 Å². The number of ether oxygens (including phenoxy) is 1. The molecule has 0 bridgehead atoms. The molecule has 0 aromatic carbocycles. The van der Waals surface area contributed by atoms with Gasteiger partial charge in [-0.3, -0.25) is 9.59 Å². The smallest absolute Gasteiger partial charge is 0.307 e. The standard InChI is InChI=1S/C24H47NO4.ClH/c1-5-6-7-8-9-10-11-12-13-14-15-16-17-18-19-24(28)29-22(20-23(26)27)21-25(2,3)4;/h22H,5-21H2,1-4H3;1H/t22-;/m1./s1. The molecule has 6 heteroatoms. The molecule has 1 atom stereocenters. The Hall–Kier alpha value is -0.810. The van der Waals surface area contributed by atoms with Crippen molar-refractivity contribution in [3.05, 3.63) is 0 Å². The largest absolute Gasteiger partial charge is 1.00 e. The van der Waals surface area contributed by atoms with Gasteiger partial charge in [0.05, 0.1) is 27.6 Å². The van der Waals surface area contributed by atoms with E-state index in [4.69, 9.17) is 9.84 Å². The fraction of sp³-hybridized carbons (Fsp3) is 0.917. The maximum Gasteiger partial charge on any atom is 0.307 e. The van der Waals surface area contributed by atoms with Crippen molar-refractivity contribution in [1.29, 1.82) is 0 Å². The van der Waals surface area contributed by atoms with Crippen LogP contribution in [0.25, 0.3) is 0 Å². The molecule has 0 rings (SSSR count). The Morgan fingerprint density at radius 1 is 0.767 bits per heavy atom. The number of esters is 1. The van der Waals surface area contributed by atoms with E-state index in [1.807, 2.05) is 21.1 Å². The van der Waals surface area contributed by atoms with Crippen LogP contribution in [-0.4, -0.2) is 55.3 Å². The van der Waals surface area contributed by atoms with E-state index in [0.29, 0.717) is 17.4 Å². The summed E-state index contributed by atoms with van der Waals surface area (Å²) in [6.45, 7) is 2.77. The highest BCUT2D eigenvalue weighted by atomic mass is 35.5. The van der Waals surface area contributed by atoms with E-state index in [0.717, 1.165) is 12.8 Å². The summed E-state index contributed by atoms with van der Waals surface area (Å²) in [5.74, 6) is -1.18. The Morgan fingerprint density at radius 3 is 1.53 bits per heavy atom. The van der Waals surface area contributed by atoms with Crippen LogP contribution in [0, 0.1) is 0 Å². The molecule has 0 aromatic heterocycles. The topological polar surface area (TPSA) is 63.6 Å². The van der Waals surface area contributed by atoms with E-state index >= 15 is 0 Å². The van der Waals surface area contributed by atoms with Gasteiger partial charge in [0.2, 0.25) is 0 Å². The van der Waals surface area contributed by atoms with Crippen LogP contribution >= 0.6 is 0 Å². The predicted molar refractivity (Wildman–Crippen MR) is 120 cm³/mol. The molecule has 0 aliphatic heterocycles. The molecule has 0 fully saturated rings. The molecule has 0 aliphatic carbocycles. The zero-order chi connectivity index (χ0) is 22.0. The molecule has 1 N–H and O–H groups in total. The summed E-state index contributed by atoms with van der Waals surface area (Å²) < 4.78 is 5.99. The molecule has 30 heavy (non-hydrogen) atoms. The summed E-state index contributed by atoms with van der Waals surface area (Å²) in [5, 5.41) is 9.00. The molecule has 180 valence electrons. The molecule has 0 aromatic rings. The van der Waals surface area contributed by atoms with Crippen molar-refractivity contribution in [1.82, 2.24) is 0 Å². The fourth-order valence-electron chi connectivity index (χ4n) is 3.66. The lowest BCUT2D eigenvalue weighted by Crippen LogP contribution is -3.00. The Morgan fingerprint density at radius 2 is 1.17 bits per heavy atom. The van der Waals surface area contributed by atoms with E-state index in [1.165, 1.54) is 77.0 Å². The summed E-state index contributed by atoms with van der Waals surface area (Å²) in [6.07, 6.45) is 17.7. The average molecular weight is 450 g/mol. The first-order valence-corrected chi connectivity index (χ1v) is 12.0. The Labute approximate surface area is 191 Å². The number of halogens is 1. The van der Waals surface area contributed by atoms with Crippen LogP contribution in [0.4, 0.5) is 0 Å². The van der Waals surface area contributed by atoms with Crippen molar-refractivity contribution >= 4 is 11.9 Å². The minimum Gasteiger partial charge on any atom is -1.00 e. The second-order valence-corrected chi connectivity index (χ2v) is 9.53. The molecule has 5 nitrogen and oxygen atoms in total. The molecule has 0 spiro atoms. The number of likely N-dealkylation sites (N-methyl/N-ethyl adjacent to an activating group) is 1. The lowest BCUT2D eigenvalue weighted by Gasteiger charge is -2.28. The number of carbonyl (C=O) groups is 2. The zero-order valence-electron chi connectivity index (χ0n) is 20.1. The van der Waals surface area contributed by atoms with Gasteiger partial charge in [0, 0.05) is 6.42 Å². The normalized spacial score (nSPS) is 12.3. The number of nitrogens with zero attached hydrogens (tertiary/aromatic N) is 1. The predicted octanol–water partition coefficient (Wildman–Crippen LogP) is 2.95. The maximum absolute atomic E-state index is 12.0. The Kier molecular flexibility index (Phi) is 21.0. The molecule has 0 unspecified atom stereocenters. The van der Waals surface area contributed by atoms with Crippen molar-refractivity contribution in [2.75, 3.05) is 27.7 Å². The summed E-state index contributed by atoms with van der Waals surface area (Å²) >= 11 is 0. The van der Waals surface area contributed by atoms with Crippen molar-refractivity contribution < 1.29 is 36.3 Å². The highest BCUT2D eigenvalue weighted by Crippen LogP contribution is 2.14. The van der Waals surface area contributed by atoms with E-state index in [2.05, 4.69) is 6.92 Å². The SMILES string of the molecule is CCCCCCCCCCCCCCCCC(=O)O[C@H](CC(=O)O)C[N+](C)(C)C.[Cl-]. The number of carbonyl (C=O) groups excluding carboxylic acids is 1. The van der Waals surface area contributed by atoms with Gasteiger partial charge in [-0.15, -0.1) is 0 Å². The molecule has 0 aliphatic rings. The van der Waals surface area contributed by atoms with Crippen molar-refractivity contribution in [2.45, 2.75) is 116 Å². The number of hydrogen-bond donors (Lipinski definition) is 1. The highest BCUT2D eigenvalue weighted by Gasteiger charge is 2.24. The minimum absolute atomic E-state index is 0. The van der Waals surface area contributed by atoms with Gasteiger partial charge in [0.15, 0.2) is 6.10 Å². The lowest BCUT2D eigenvalue weighted by atomic mass is 10.0. The number of carboxylic acids is 1. The van der Waals surface area contributed by atoms with Crippen molar-refractivity contribution in [3.63, 3.8) is 0 Å². The van der Waals surface area contributed by atoms with E-state index in [-0.39, 0.29) is 24.8 Å². The molecule has 0 amide bonds.